The number of anilines is 1. The smallest absolute Gasteiger partial charge is 0.360 e. The Morgan fingerprint density at radius 1 is 1.16 bits per heavy atom. The molecule has 2 amide bonds. The largest absolute Gasteiger partial charge is 0.461 e. The van der Waals surface area contributed by atoms with E-state index in [1.54, 1.807) is 6.92 Å². The van der Waals surface area contributed by atoms with Gasteiger partial charge in [0.25, 0.3) is 0 Å². The quantitative estimate of drug-likeness (QED) is 0.490. The number of nitrogens with zero attached hydrogens (tertiary/aromatic N) is 2. The maximum absolute atomic E-state index is 12.8. The molecule has 0 radical (unpaired) electrons. The summed E-state index contributed by atoms with van der Waals surface area (Å²) in [7, 11) is 0. The fourth-order valence-corrected chi connectivity index (χ4v) is 4.62. The molecule has 2 aromatic rings. The van der Waals surface area contributed by atoms with E-state index in [4.69, 9.17) is 9.72 Å². The molecule has 7 nitrogen and oxygen atoms in total. The third-order valence-electron chi connectivity index (χ3n) is 6.03. The van der Waals surface area contributed by atoms with E-state index < -0.39 is 5.97 Å². The second-order valence-electron chi connectivity index (χ2n) is 8.23. The van der Waals surface area contributed by atoms with Crippen LogP contribution in [0.5, 0.6) is 0 Å². The van der Waals surface area contributed by atoms with Gasteiger partial charge in [0.05, 0.1) is 13.2 Å². The van der Waals surface area contributed by atoms with Crippen LogP contribution in [0.25, 0.3) is 0 Å². The molecule has 1 fully saturated rings. The van der Waals surface area contributed by atoms with Crippen LogP contribution in [0.1, 0.15) is 60.9 Å². The number of carbonyl (C=O) groups is 2. The molecule has 7 heteroatoms. The van der Waals surface area contributed by atoms with Gasteiger partial charge in [-0.05, 0) is 43.6 Å². The Kier molecular flexibility index (Phi) is 6.39. The van der Waals surface area contributed by atoms with Crippen molar-refractivity contribution >= 4 is 17.8 Å². The summed E-state index contributed by atoms with van der Waals surface area (Å²) in [5, 5.41) is 5.71. The first-order valence-corrected chi connectivity index (χ1v) is 11.1. The minimum Gasteiger partial charge on any atom is -0.461 e. The molecule has 0 spiro atoms. The lowest BCUT2D eigenvalue weighted by molar-refractivity contribution is 0.0521. The predicted molar refractivity (Wildman–Crippen MR) is 119 cm³/mol. The van der Waals surface area contributed by atoms with Crippen LogP contribution < -0.4 is 10.6 Å². The number of esters is 1. The molecule has 31 heavy (non-hydrogen) atoms. The summed E-state index contributed by atoms with van der Waals surface area (Å²) in [5.74, 6) is 1.93. The van der Waals surface area contributed by atoms with E-state index in [1.165, 1.54) is 0 Å². The van der Waals surface area contributed by atoms with Gasteiger partial charge in [0, 0.05) is 12.5 Å². The Bertz CT molecular complexity index is 967. The minimum atomic E-state index is -0.514. The highest BCUT2D eigenvalue weighted by molar-refractivity contribution is 5.98. The molecule has 2 aliphatic carbocycles. The van der Waals surface area contributed by atoms with Crippen LogP contribution in [0.3, 0.4) is 0 Å². The average Bonchev–Trinajstić information content (AvgIpc) is 3.48. The number of aromatic nitrogens is 2. The van der Waals surface area contributed by atoms with Crippen molar-refractivity contribution in [3.8, 4) is 0 Å². The summed E-state index contributed by atoms with van der Waals surface area (Å²) < 4.78 is 7.27. The number of carbonyl (C=O) groups excluding carboxylic acids is 2. The van der Waals surface area contributed by atoms with Crippen molar-refractivity contribution in [3.05, 3.63) is 59.6 Å². The second-order valence-corrected chi connectivity index (χ2v) is 8.23. The Balaban J connectivity index is 1.77. The Hall–Kier alpha value is -3.09. The number of amides is 2. The number of rotatable bonds is 8. The fraction of sp³-hybridized carbons (Fsp3) is 0.458. The van der Waals surface area contributed by atoms with Gasteiger partial charge in [-0.25, -0.2) is 14.6 Å². The number of fused-ring (bicyclic) bond motifs is 2. The van der Waals surface area contributed by atoms with E-state index in [9.17, 15) is 9.59 Å². The lowest BCUT2D eigenvalue weighted by Gasteiger charge is -2.21. The van der Waals surface area contributed by atoms with Gasteiger partial charge in [-0.2, -0.15) is 0 Å². The molecular weight excluding hydrogens is 392 g/mol. The fourth-order valence-electron chi connectivity index (χ4n) is 4.62. The van der Waals surface area contributed by atoms with E-state index in [2.05, 4.69) is 22.8 Å². The van der Waals surface area contributed by atoms with Crippen LogP contribution in [-0.2, 0) is 11.3 Å². The van der Waals surface area contributed by atoms with Crippen molar-refractivity contribution in [2.45, 2.75) is 45.6 Å². The molecule has 3 atom stereocenters. The van der Waals surface area contributed by atoms with Crippen molar-refractivity contribution in [2.75, 3.05) is 18.5 Å². The zero-order chi connectivity index (χ0) is 21.8. The van der Waals surface area contributed by atoms with Crippen molar-refractivity contribution in [1.29, 1.82) is 0 Å². The van der Waals surface area contributed by atoms with Gasteiger partial charge in [-0.3, -0.25) is 5.32 Å². The number of ether oxygens (including phenoxy) is 1. The zero-order valence-electron chi connectivity index (χ0n) is 18.1. The molecule has 0 saturated heterocycles. The van der Waals surface area contributed by atoms with Gasteiger partial charge in [-0.1, -0.05) is 49.4 Å². The number of allylic oxidation sites excluding steroid dienone is 2. The molecular formula is C24H30N4O3. The molecule has 2 bridgehead atoms. The number of benzene rings is 1. The molecule has 1 aromatic heterocycles. The zero-order valence-corrected chi connectivity index (χ0v) is 18.1. The molecule has 1 unspecified atom stereocenters. The van der Waals surface area contributed by atoms with Gasteiger partial charge >= 0.3 is 12.0 Å². The summed E-state index contributed by atoms with van der Waals surface area (Å²) >= 11 is 0. The monoisotopic (exact) mass is 422 g/mol. The first-order chi connectivity index (χ1) is 15.1. The third kappa shape index (κ3) is 4.50. The highest BCUT2D eigenvalue weighted by Crippen LogP contribution is 2.49. The summed E-state index contributed by atoms with van der Waals surface area (Å²) in [5.41, 5.74) is 1.25. The summed E-state index contributed by atoms with van der Waals surface area (Å²) in [6.07, 6.45) is 7.51. The highest BCUT2D eigenvalue weighted by atomic mass is 16.5. The van der Waals surface area contributed by atoms with Gasteiger partial charge in [0.2, 0.25) is 0 Å². The first kappa shape index (κ1) is 21.2. The Morgan fingerprint density at radius 3 is 2.61 bits per heavy atom. The Labute approximate surface area is 182 Å². The SMILES string of the molecule is CCCNC(=O)Nc1c(C(=O)OCC)nc(C2C[C@H]3C=C[C@@H]2C3)n1Cc1ccccc1. The molecule has 164 valence electrons. The Morgan fingerprint density at radius 2 is 1.97 bits per heavy atom. The van der Waals surface area contributed by atoms with Crippen molar-refractivity contribution in [3.63, 3.8) is 0 Å². The van der Waals surface area contributed by atoms with E-state index in [0.29, 0.717) is 30.7 Å². The molecule has 4 rings (SSSR count). The maximum Gasteiger partial charge on any atom is 0.360 e. The normalized spacial score (nSPS) is 21.3. The van der Waals surface area contributed by atoms with E-state index in [1.807, 2.05) is 41.8 Å². The summed E-state index contributed by atoms with van der Waals surface area (Å²) in [6, 6.07) is 9.67. The summed E-state index contributed by atoms with van der Waals surface area (Å²) in [6.45, 7) is 5.07. The molecule has 2 N–H and O–H groups in total. The molecule has 1 aromatic carbocycles. The standard InChI is InChI=1S/C24H30N4O3/c1-3-12-25-24(30)27-22-20(23(29)31-4-2)26-21(19-14-17-10-11-18(19)13-17)28(22)15-16-8-6-5-7-9-16/h5-11,17-19H,3-4,12-15H2,1-2H3,(H2,25,27,30)/t17-,18+,19?/m0/s1. The minimum absolute atomic E-state index is 0.172. The van der Waals surface area contributed by atoms with Gasteiger partial charge in [0.1, 0.15) is 11.6 Å². The van der Waals surface area contributed by atoms with E-state index in [0.717, 1.165) is 30.7 Å². The number of urea groups is 1. The van der Waals surface area contributed by atoms with Gasteiger partial charge in [-0.15, -0.1) is 0 Å². The lowest BCUT2D eigenvalue weighted by Crippen LogP contribution is -2.31. The van der Waals surface area contributed by atoms with Crippen molar-refractivity contribution < 1.29 is 14.3 Å². The highest BCUT2D eigenvalue weighted by Gasteiger charge is 2.40. The summed E-state index contributed by atoms with van der Waals surface area (Å²) in [4.78, 5) is 30.1. The van der Waals surface area contributed by atoms with Crippen LogP contribution in [0, 0.1) is 11.8 Å². The van der Waals surface area contributed by atoms with Crippen molar-refractivity contribution in [1.82, 2.24) is 14.9 Å². The second kappa shape index (κ2) is 9.37. The lowest BCUT2D eigenvalue weighted by atomic mass is 9.92. The average molecular weight is 423 g/mol. The molecule has 0 aliphatic heterocycles. The van der Waals surface area contributed by atoms with Gasteiger partial charge < -0.3 is 14.6 Å². The van der Waals surface area contributed by atoms with E-state index in [-0.39, 0.29) is 24.2 Å². The van der Waals surface area contributed by atoms with Crippen LogP contribution in [-0.4, -0.2) is 34.7 Å². The molecule has 2 aliphatic rings. The maximum atomic E-state index is 12.8. The number of nitrogens with one attached hydrogen (secondary N) is 2. The van der Waals surface area contributed by atoms with E-state index >= 15 is 0 Å². The van der Waals surface area contributed by atoms with Crippen LogP contribution in [0.15, 0.2) is 42.5 Å². The number of hydrogen-bond donors (Lipinski definition) is 2. The van der Waals surface area contributed by atoms with Crippen LogP contribution in [0.4, 0.5) is 10.6 Å². The number of hydrogen-bond acceptors (Lipinski definition) is 4. The van der Waals surface area contributed by atoms with Crippen molar-refractivity contribution in [2.24, 2.45) is 11.8 Å². The predicted octanol–water partition coefficient (Wildman–Crippen LogP) is 4.32. The third-order valence-corrected chi connectivity index (χ3v) is 6.03. The van der Waals surface area contributed by atoms with Crippen LogP contribution in [0.2, 0.25) is 0 Å². The molecule has 1 heterocycles. The number of imidazole rings is 1. The topological polar surface area (TPSA) is 85.2 Å². The van der Waals surface area contributed by atoms with Crippen LogP contribution >= 0.6 is 0 Å². The van der Waals surface area contributed by atoms with Gasteiger partial charge in [0.15, 0.2) is 5.69 Å². The molecule has 1 saturated carbocycles. The first-order valence-electron chi connectivity index (χ1n) is 11.1.